The molecule has 0 heterocycles. The van der Waals surface area contributed by atoms with Crippen LogP contribution in [0.5, 0.6) is 0 Å². The molecular formula is C23H46N2O5. The van der Waals surface area contributed by atoms with Gasteiger partial charge in [0.2, 0.25) is 5.91 Å². The molecule has 0 bridgehead atoms. The summed E-state index contributed by atoms with van der Waals surface area (Å²) in [6.07, 6.45) is 11.0. The van der Waals surface area contributed by atoms with Crippen molar-refractivity contribution in [1.82, 2.24) is 10.4 Å². The molecule has 178 valence electrons. The molecule has 0 rings (SSSR count). The van der Waals surface area contributed by atoms with Crippen LogP contribution >= 0.6 is 0 Å². The van der Waals surface area contributed by atoms with Crippen molar-refractivity contribution in [3.8, 4) is 0 Å². The molecule has 0 radical (unpaired) electrons. The smallest absolute Gasteiger partial charge is 0.306 e. The van der Waals surface area contributed by atoms with E-state index in [1.807, 2.05) is 13.8 Å². The first-order valence-corrected chi connectivity index (χ1v) is 11.9. The van der Waals surface area contributed by atoms with Crippen molar-refractivity contribution in [2.75, 3.05) is 13.1 Å². The number of rotatable bonds is 20. The predicted molar refractivity (Wildman–Crippen MR) is 119 cm³/mol. The minimum Gasteiger partial charge on any atom is -0.481 e. The molecule has 2 atom stereocenters. The lowest BCUT2D eigenvalue weighted by Crippen LogP contribution is -2.44. The van der Waals surface area contributed by atoms with Crippen LogP contribution < -0.4 is 5.32 Å². The number of carbonyl (C=O) groups excluding carboxylic acids is 1. The number of hydrogen-bond acceptors (Lipinski definition) is 5. The van der Waals surface area contributed by atoms with Gasteiger partial charge in [-0.25, -0.2) is 0 Å². The van der Waals surface area contributed by atoms with Crippen LogP contribution in [0.1, 0.15) is 104 Å². The quantitative estimate of drug-likeness (QED) is 0.169. The van der Waals surface area contributed by atoms with E-state index in [2.05, 4.69) is 12.2 Å². The first-order valence-electron chi connectivity index (χ1n) is 11.9. The summed E-state index contributed by atoms with van der Waals surface area (Å²) in [5, 5.41) is 33.1. The zero-order valence-electron chi connectivity index (χ0n) is 19.4. The number of nitrogens with one attached hydrogen (secondary N) is 1. The number of amides is 1. The summed E-state index contributed by atoms with van der Waals surface area (Å²) in [5.41, 5.74) is 0. The second kappa shape index (κ2) is 18.6. The fourth-order valence-corrected chi connectivity index (χ4v) is 3.59. The number of carboxylic acids is 1. The maximum Gasteiger partial charge on any atom is 0.306 e. The molecule has 0 aliphatic heterocycles. The van der Waals surface area contributed by atoms with Gasteiger partial charge in [0.25, 0.3) is 0 Å². The molecule has 0 spiro atoms. The largest absolute Gasteiger partial charge is 0.481 e. The molecule has 7 nitrogen and oxygen atoms in total. The highest BCUT2D eigenvalue weighted by molar-refractivity contribution is 5.75. The number of unbranched alkanes of at least 4 members (excludes halogenated alkanes) is 8. The molecule has 0 aromatic rings. The Hall–Kier alpha value is -1.18. The van der Waals surface area contributed by atoms with E-state index in [1.54, 1.807) is 0 Å². The first kappa shape index (κ1) is 28.8. The number of aliphatic hydroxyl groups is 1. The summed E-state index contributed by atoms with van der Waals surface area (Å²) in [7, 11) is 0. The molecule has 4 N–H and O–H groups in total. The minimum absolute atomic E-state index is 0.0343. The number of carboxylic acid groups (broad SMARTS) is 1. The summed E-state index contributed by atoms with van der Waals surface area (Å²) in [6.45, 7) is 6.87. The molecule has 0 aliphatic carbocycles. The molecule has 1 amide bonds. The van der Waals surface area contributed by atoms with Crippen molar-refractivity contribution < 1.29 is 25.0 Å². The third kappa shape index (κ3) is 16.6. The average Bonchev–Trinajstić information content (AvgIpc) is 2.67. The summed E-state index contributed by atoms with van der Waals surface area (Å²) in [4.78, 5) is 22.8. The zero-order valence-corrected chi connectivity index (χ0v) is 19.4. The van der Waals surface area contributed by atoms with Gasteiger partial charge in [-0.2, -0.15) is 5.06 Å². The van der Waals surface area contributed by atoms with Gasteiger partial charge in [0.15, 0.2) is 0 Å². The SMILES string of the molecule is CCCCCCCCCCCC(=O)NCCCN(O)[C@@H](CC(C)C)[C@@H](O)CC(=O)O. The molecule has 0 fully saturated rings. The van der Waals surface area contributed by atoms with E-state index in [1.165, 1.54) is 44.9 Å². The minimum atomic E-state index is -1.13. The first-order chi connectivity index (χ1) is 14.3. The predicted octanol–water partition coefficient (Wildman–Crippen LogP) is 4.36. The van der Waals surface area contributed by atoms with Crippen molar-refractivity contribution in [3.05, 3.63) is 0 Å². The van der Waals surface area contributed by atoms with Gasteiger partial charge in [-0.3, -0.25) is 9.59 Å². The Kier molecular flexibility index (Phi) is 17.8. The van der Waals surface area contributed by atoms with Gasteiger partial charge >= 0.3 is 5.97 Å². The number of aliphatic hydroxyl groups excluding tert-OH is 1. The van der Waals surface area contributed by atoms with Crippen LogP contribution in [0.4, 0.5) is 0 Å². The van der Waals surface area contributed by atoms with Crippen molar-refractivity contribution in [2.24, 2.45) is 5.92 Å². The van der Waals surface area contributed by atoms with Crippen LogP contribution in [0.3, 0.4) is 0 Å². The fourth-order valence-electron chi connectivity index (χ4n) is 3.59. The second-order valence-corrected chi connectivity index (χ2v) is 8.81. The zero-order chi connectivity index (χ0) is 22.8. The molecule has 0 aliphatic rings. The molecule has 7 heteroatoms. The van der Waals surface area contributed by atoms with E-state index in [4.69, 9.17) is 5.11 Å². The maximum atomic E-state index is 11.9. The highest BCUT2D eigenvalue weighted by atomic mass is 16.5. The standard InChI is InChI=1S/C23H46N2O5/c1-4-5-6-7-8-9-10-11-12-14-22(27)24-15-13-16-25(30)20(17-19(2)3)21(26)18-23(28)29/h19-21,26,30H,4-18H2,1-3H3,(H,24,27)(H,28,29)/t20-,21-/m0/s1. The van der Waals surface area contributed by atoms with Crippen molar-refractivity contribution >= 4 is 11.9 Å². The molecule has 0 aromatic heterocycles. The lowest BCUT2D eigenvalue weighted by Gasteiger charge is -2.30. The van der Waals surface area contributed by atoms with Gasteiger partial charge in [0, 0.05) is 19.5 Å². The van der Waals surface area contributed by atoms with Gasteiger partial charge in [-0.1, -0.05) is 72.1 Å². The molecule has 0 unspecified atom stereocenters. The summed E-state index contributed by atoms with van der Waals surface area (Å²) >= 11 is 0. The number of carbonyl (C=O) groups is 2. The van der Waals surface area contributed by atoms with Crippen molar-refractivity contribution in [3.63, 3.8) is 0 Å². The number of hydroxylamine groups is 2. The number of nitrogens with zero attached hydrogens (tertiary/aromatic N) is 1. The Balaban J connectivity index is 3.88. The number of aliphatic carboxylic acids is 1. The van der Waals surface area contributed by atoms with Gasteiger partial charge in [0.1, 0.15) is 0 Å². The average molecular weight is 431 g/mol. The van der Waals surface area contributed by atoms with E-state index < -0.39 is 24.5 Å². The lowest BCUT2D eigenvalue weighted by atomic mass is 9.97. The van der Waals surface area contributed by atoms with Crippen LogP contribution in [0.2, 0.25) is 0 Å². The summed E-state index contributed by atoms with van der Waals surface area (Å²) in [5.74, 6) is -0.843. The third-order valence-corrected chi connectivity index (χ3v) is 5.32. The molecule has 0 saturated carbocycles. The van der Waals surface area contributed by atoms with Crippen LogP contribution in [-0.4, -0.2) is 57.6 Å². The normalized spacial score (nSPS) is 13.6. The van der Waals surface area contributed by atoms with E-state index in [9.17, 15) is 19.9 Å². The Morgan fingerprint density at radius 1 is 0.933 bits per heavy atom. The van der Waals surface area contributed by atoms with E-state index in [0.29, 0.717) is 25.8 Å². The Bertz CT molecular complexity index is 445. The fraction of sp³-hybridized carbons (Fsp3) is 0.913. The van der Waals surface area contributed by atoms with Gasteiger partial charge in [-0.15, -0.1) is 0 Å². The van der Waals surface area contributed by atoms with E-state index >= 15 is 0 Å². The lowest BCUT2D eigenvalue weighted by molar-refractivity contribution is -0.166. The Morgan fingerprint density at radius 3 is 2.03 bits per heavy atom. The highest BCUT2D eigenvalue weighted by Gasteiger charge is 2.27. The number of hydrogen-bond donors (Lipinski definition) is 4. The van der Waals surface area contributed by atoms with Crippen LogP contribution in [0.15, 0.2) is 0 Å². The molecule has 0 saturated heterocycles. The molecule has 30 heavy (non-hydrogen) atoms. The summed E-state index contributed by atoms with van der Waals surface area (Å²) in [6, 6.07) is -0.626. The molecular weight excluding hydrogens is 384 g/mol. The van der Waals surface area contributed by atoms with Crippen LogP contribution in [0.25, 0.3) is 0 Å². The Labute approximate surface area is 183 Å². The Morgan fingerprint density at radius 2 is 1.50 bits per heavy atom. The maximum absolute atomic E-state index is 11.9. The van der Waals surface area contributed by atoms with Gasteiger partial charge < -0.3 is 20.7 Å². The van der Waals surface area contributed by atoms with Gasteiger partial charge in [0.05, 0.1) is 18.6 Å². The van der Waals surface area contributed by atoms with Crippen LogP contribution in [0, 0.1) is 5.92 Å². The summed E-state index contributed by atoms with van der Waals surface area (Å²) < 4.78 is 0. The second-order valence-electron chi connectivity index (χ2n) is 8.81. The van der Waals surface area contributed by atoms with Gasteiger partial charge in [-0.05, 0) is 25.2 Å². The van der Waals surface area contributed by atoms with Crippen molar-refractivity contribution in [2.45, 2.75) is 116 Å². The highest BCUT2D eigenvalue weighted by Crippen LogP contribution is 2.16. The molecule has 0 aromatic carbocycles. The third-order valence-electron chi connectivity index (χ3n) is 5.32. The van der Waals surface area contributed by atoms with E-state index in [-0.39, 0.29) is 18.4 Å². The van der Waals surface area contributed by atoms with Crippen LogP contribution in [-0.2, 0) is 9.59 Å². The topological polar surface area (TPSA) is 110 Å². The van der Waals surface area contributed by atoms with Crippen molar-refractivity contribution in [1.29, 1.82) is 0 Å². The van der Waals surface area contributed by atoms with E-state index in [0.717, 1.165) is 17.9 Å². The monoisotopic (exact) mass is 430 g/mol.